The van der Waals surface area contributed by atoms with Gasteiger partial charge in [0.2, 0.25) is 0 Å². The Morgan fingerprint density at radius 2 is 2.05 bits per heavy atom. The number of urea groups is 1. The van der Waals surface area contributed by atoms with Gasteiger partial charge in [0.1, 0.15) is 0 Å². The highest BCUT2D eigenvalue weighted by Gasteiger charge is 2.09. The third-order valence-electron chi connectivity index (χ3n) is 2.23. The van der Waals surface area contributed by atoms with Gasteiger partial charge >= 0.3 is 12.0 Å². The average molecular weight is 283 g/mol. The van der Waals surface area contributed by atoms with Crippen molar-refractivity contribution in [2.75, 3.05) is 11.9 Å². The fourth-order valence-electron chi connectivity index (χ4n) is 1.29. The molecule has 0 heterocycles. The highest BCUT2D eigenvalue weighted by Crippen LogP contribution is 2.20. The van der Waals surface area contributed by atoms with E-state index in [-0.39, 0.29) is 16.6 Å². The Morgan fingerprint density at radius 1 is 1.37 bits per heavy atom. The first-order chi connectivity index (χ1) is 8.90. The third kappa shape index (κ3) is 5.01. The summed E-state index contributed by atoms with van der Waals surface area (Å²) in [6.07, 6.45) is 1.88. The van der Waals surface area contributed by atoms with Crippen molar-refractivity contribution in [1.82, 2.24) is 5.32 Å². The minimum atomic E-state index is -1.11. The van der Waals surface area contributed by atoms with Crippen molar-refractivity contribution < 1.29 is 14.7 Å². The number of aromatic carboxylic acids is 1. The quantitative estimate of drug-likeness (QED) is 0.742. The van der Waals surface area contributed by atoms with Crippen molar-refractivity contribution in [3.05, 3.63) is 40.4 Å². The van der Waals surface area contributed by atoms with Crippen molar-refractivity contribution >= 4 is 29.3 Å². The summed E-state index contributed by atoms with van der Waals surface area (Å²) in [6.45, 7) is 4.29. The van der Waals surface area contributed by atoms with Gasteiger partial charge < -0.3 is 15.7 Å². The molecule has 1 aromatic rings. The van der Waals surface area contributed by atoms with Crippen LogP contribution in [0.2, 0.25) is 5.02 Å². The predicted octanol–water partition coefficient (Wildman–Crippen LogP) is 3.13. The van der Waals surface area contributed by atoms with Crippen molar-refractivity contribution in [3.8, 4) is 0 Å². The van der Waals surface area contributed by atoms with E-state index in [0.717, 1.165) is 5.57 Å². The van der Waals surface area contributed by atoms with Crippen LogP contribution in [0, 0.1) is 0 Å². The molecule has 0 saturated carbocycles. The lowest BCUT2D eigenvalue weighted by atomic mass is 10.2. The molecule has 0 aliphatic carbocycles. The van der Waals surface area contributed by atoms with Crippen molar-refractivity contribution in [2.45, 2.75) is 13.8 Å². The van der Waals surface area contributed by atoms with Gasteiger partial charge in [-0.25, -0.2) is 9.59 Å². The van der Waals surface area contributed by atoms with Gasteiger partial charge in [-0.05, 0) is 32.0 Å². The van der Waals surface area contributed by atoms with Crippen LogP contribution in [0.25, 0.3) is 0 Å². The highest BCUT2D eigenvalue weighted by molar-refractivity contribution is 6.33. The standard InChI is InChI=1S/C13H15ClN2O3/c1-8(2)5-6-15-13(19)16-9-3-4-10(12(17)18)11(14)7-9/h3-5,7H,6H2,1-2H3,(H,17,18)(H2,15,16,19). The molecule has 0 saturated heterocycles. The number of amides is 2. The highest BCUT2D eigenvalue weighted by atomic mass is 35.5. The summed E-state index contributed by atoms with van der Waals surface area (Å²) >= 11 is 5.79. The molecular weight excluding hydrogens is 268 g/mol. The summed E-state index contributed by atoms with van der Waals surface area (Å²) in [5, 5.41) is 14.1. The van der Waals surface area contributed by atoms with Crippen LogP contribution >= 0.6 is 11.6 Å². The Labute approximate surface area is 116 Å². The summed E-state index contributed by atoms with van der Waals surface area (Å²) < 4.78 is 0. The van der Waals surface area contributed by atoms with Crippen LogP contribution in [0.5, 0.6) is 0 Å². The van der Waals surface area contributed by atoms with Gasteiger partial charge in [-0.2, -0.15) is 0 Å². The van der Waals surface area contributed by atoms with E-state index < -0.39 is 5.97 Å². The molecule has 6 heteroatoms. The molecule has 0 unspecified atom stereocenters. The first-order valence-corrected chi connectivity index (χ1v) is 5.99. The molecule has 0 spiro atoms. The molecule has 0 radical (unpaired) electrons. The number of carboxylic acid groups (broad SMARTS) is 1. The van der Waals surface area contributed by atoms with E-state index in [4.69, 9.17) is 16.7 Å². The summed E-state index contributed by atoms with van der Waals surface area (Å²) in [6, 6.07) is 3.84. The lowest BCUT2D eigenvalue weighted by Crippen LogP contribution is -2.28. The molecule has 0 atom stereocenters. The van der Waals surface area contributed by atoms with Crippen molar-refractivity contribution in [2.24, 2.45) is 0 Å². The third-order valence-corrected chi connectivity index (χ3v) is 2.54. The summed E-state index contributed by atoms with van der Waals surface area (Å²) in [7, 11) is 0. The molecule has 0 aliphatic heterocycles. The summed E-state index contributed by atoms with van der Waals surface area (Å²) in [4.78, 5) is 22.3. The lowest BCUT2D eigenvalue weighted by Gasteiger charge is -2.07. The molecule has 0 fully saturated rings. The second kappa shape index (κ2) is 6.80. The molecule has 0 aromatic heterocycles. The van der Waals surface area contributed by atoms with E-state index in [2.05, 4.69) is 10.6 Å². The number of allylic oxidation sites excluding steroid dienone is 1. The fraction of sp³-hybridized carbons (Fsp3) is 0.231. The number of rotatable bonds is 4. The van der Waals surface area contributed by atoms with E-state index in [1.165, 1.54) is 18.2 Å². The van der Waals surface area contributed by atoms with E-state index >= 15 is 0 Å². The molecule has 3 N–H and O–H groups in total. The SMILES string of the molecule is CC(C)=CCNC(=O)Nc1ccc(C(=O)O)c(Cl)c1. The zero-order valence-electron chi connectivity index (χ0n) is 10.7. The van der Waals surface area contributed by atoms with Crippen LogP contribution in [0.1, 0.15) is 24.2 Å². The van der Waals surface area contributed by atoms with Gasteiger partial charge in [0.05, 0.1) is 10.6 Å². The Morgan fingerprint density at radius 3 is 2.58 bits per heavy atom. The normalized spacial score (nSPS) is 9.63. The largest absolute Gasteiger partial charge is 0.478 e. The molecule has 102 valence electrons. The molecule has 2 amide bonds. The van der Waals surface area contributed by atoms with Crippen LogP contribution in [0.4, 0.5) is 10.5 Å². The van der Waals surface area contributed by atoms with Crippen LogP contribution < -0.4 is 10.6 Å². The fourth-order valence-corrected chi connectivity index (χ4v) is 1.55. The predicted molar refractivity (Wildman–Crippen MR) is 74.9 cm³/mol. The molecule has 0 aliphatic rings. The molecule has 0 bridgehead atoms. The minimum Gasteiger partial charge on any atom is -0.478 e. The van der Waals surface area contributed by atoms with Crippen molar-refractivity contribution in [3.63, 3.8) is 0 Å². The number of carbonyl (C=O) groups excluding carboxylic acids is 1. The number of carboxylic acids is 1. The summed E-state index contributed by atoms with van der Waals surface area (Å²) in [5.41, 5.74) is 1.54. The average Bonchev–Trinajstić information content (AvgIpc) is 2.27. The van der Waals surface area contributed by atoms with E-state index in [1.807, 2.05) is 19.9 Å². The monoisotopic (exact) mass is 282 g/mol. The Bertz CT molecular complexity index is 523. The van der Waals surface area contributed by atoms with Crippen LogP contribution in [0.3, 0.4) is 0 Å². The minimum absolute atomic E-state index is 0.00262. The smallest absolute Gasteiger partial charge is 0.337 e. The molecule has 19 heavy (non-hydrogen) atoms. The van der Waals surface area contributed by atoms with Gasteiger partial charge in [-0.15, -0.1) is 0 Å². The first-order valence-electron chi connectivity index (χ1n) is 5.61. The van der Waals surface area contributed by atoms with E-state index in [1.54, 1.807) is 0 Å². The van der Waals surface area contributed by atoms with Crippen molar-refractivity contribution in [1.29, 1.82) is 0 Å². The maximum absolute atomic E-state index is 11.5. The van der Waals surface area contributed by atoms with Gasteiger partial charge in [0, 0.05) is 12.2 Å². The first kappa shape index (κ1) is 15.0. The maximum Gasteiger partial charge on any atom is 0.337 e. The Kier molecular flexibility index (Phi) is 5.38. The number of nitrogens with one attached hydrogen (secondary N) is 2. The number of anilines is 1. The lowest BCUT2D eigenvalue weighted by molar-refractivity contribution is 0.0697. The molecule has 1 rings (SSSR count). The number of carbonyl (C=O) groups is 2. The number of hydrogen-bond acceptors (Lipinski definition) is 2. The Hall–Kier alpha value is -2.01. The van der Waals surface area contributed by atoms with Crippen LogP contribution in [0.15, 0.2) is 29.8 Å². The van der Waals surface area contributed by atoms with Gasteiger partial charge in [0.15, 0.2) is 0 Å². The van der Waals surface area contributed by atoms with Crippen LogP contribution in [-0.2, 0) is 0 Å². The molecule has 1 aromatic carbocycles. The van der Waals surface area contributed by atoms with Gasteiger partial charge in [-0.3, -0.25) is 0 Å². The zero-order valence-corrected chi connectivity index (χ0v) is 11.4. The number of hydrogen-bond donors (Lipinski definition) is 3. The zero-order chi connectivity index (χ0) is 14.4. The van der Waals surface area contributed by atoms with E-state index in [0.29, 0.717) is 12.2 Å². The van der Waals surface area contributed by atoms with Crippen LogP contribution in [-0.4, -0.2) is 23.7 Å². The van der Waals surface area contributed by atoms with Gasteiger partial charge in [0.25, 0.3) is 0 Å². The number of halogens is 1. The summed E-state index contributed by atoms with van der Waals surface area (Å²) in [5.74, 6) is -1.11. The molecular formula is C13H15ClN2O3. The van der Waals surface area contributed by atoms with Gasteiger partial charge in [-0.1, -0.05) is 23.3 Å². The second-order valence-electron chi connectivity index (χ2n) is 4.12. The Balaban J connectivity index is 2.63. The van der Waals surface area contributed by atoms with E-state index in [9.17, 15) is 9.59 Å². The maximum atomic E-state index is 11.5. The topological polar surface area (TPSA) is 78.4 Å². The number of benzene rings is 1. The molecule has 5 nitrogen and oxygen atoms in total. The second-order valence-corrected chi connectivity index (χ2v) is 4.52.